The maximum absolute atomic E-state index is 13.2. The molecule has 0 N–H and O–H groups in total. The van der Waals surface area contributed by atoms with Crippen LogP contribution in [0.1, 0.15) is 31.1 Å². The molecular weight excluding hydrogens is 264 g/mol. The van der Waals surface area contributed by atoms with Gasteiger partial charge in [-0.3, -0.25) is 9.69 Å². The van der Waals surface area contributed by atoms with Crippen molar-refractivity contribution in [3.05, 3.63) is 35.4 Å². The molecule has 0 bridgehead atoms. The van der Waals surface area contributed by atoms with Crippen molar-refractivity contribution < 1.29 is 18.3 Å². The molecule has 1 aliphatic rings. The van der Waals surface area contributed by atoms with Gasteiger partial charge in [-0.15, -0.1) is 0 Å². The summed E-state index contributed by atoms with van der Waals surface area (Å²) in [7, 11) is 0. The largest absolute Gasteiger partial charge is 0.373 e. The van der Waals surface area contributed by atoms with Crippen molar-refractivity contribution in [1.29, 1.82) is 0 Å². The highest BCUT2D eigenvalue weighted by atomic mass is 19.2. The first-order chi connectivity index (χ1) is 9.30. The Bertz CT molecular complexity index is 517. The first kappa shape index (κ1) is 15.1. The minimum absolute atomic E-state index is 0.195. The molecule has 1 atom stereocenters. The lowest BCUT2D eigenvalue weighted by Crippen LogP contribution is -2.53. The maximum Gasteiger partial charge on any atom is 0.179 e. The summed E-state index contributed by atoms with van der Waals surface area (Å²) in [5.74, 6) is -2.14. The van der Waals surface area contributed by atoms with Gasteiger partial charge in [0.1, 0.15) is 0 Å². The van der Waals surface area contributed by atoms with Crippen LogP contribution in [0.5, 0.6) is 0 Å². The lowest BCUT2D eigenvalue weighted by molar-refractivity contribution is -0.0915. The number of hydrogen-bond acceptors (Lipinski definition) is 3. The Kier molecular flexibility index (Phi) is 4.20. The van der Waals surface area contributed by atoms with Crippen molar-refractivity contribution in [2.75, 3.05) is 19.7 Å². The summed E-state index contributed by atoms with van der Waals surface area (Å²) in [6.45, 7) is 7.55. The molecule has 1 fully saturated rings. The minimum Gasteiger partial charge on any atom is -0.373 e. The van der Waals surface area contributed by atoms with Gasteiger partial charge in [0.05, 0.1) is 18.2 Å². The number of nitrogens with zero attached hydrogens (tertiary/aromatic N) is 1. The number of Topliss-reactive ketones (excluding diaryl/α,β-unsaturated/α-hetero) is 1. The van der Waals surface area contributed by atoms with Gasteiger partial charge in [-0.2, -0.15) is 0 Å². The number of carbonyl (C=O) groups is 1. The Labute approximate surface area is 117 Å². The summed E-state index contributed by atoms with van der Waals surface area (Å²) in [5, 5.41) is 0. The zero-order valence-electron chi connectivity index (χ0n) is 12.0. The van der Waals surface area contributed by atoms with E-state index in [1.54, 1.807) is 6.92 Å². The van der Waals surface area contributed by atoms with Crippen molar-refractivity contribution >= 4 is 5.78 Å². The number of benzene rings is 1. The fraction of sp³-hybridized carbons (Fsp3) is 0.533. The quantitative estimate of drug-likeness (QED) is 0.799. The summed E-state index contributed by atoms with van der Waals surface area (Å²) in [6.07, 6.45) is 0. The monoisotopic (exact) mass is 283 g/mol. The fourth-order valence-electron chi connectivity index (χ4n) is 2.44. The van der Waals surface area contributed by atoms with E-state index in [1.807, 2.05) is 18.7 Å². The van der Waals surface area contributed by atoms with E-state index in [-0.39, 0.29) is 23.0 Å². The SMILES string of the molecule is CC(C(=O)c1ccc(F)c(F)c1)N1CCOC(C)(C)C1. The van der Waals surface area contributed by atoms with Crippen molar-refractivity contribution in [2.24, 2.45) is 0 Å². The lowest BCUT2D eigenvalue weighted by atomic mass is 10.0. The molecule has 0 spiro atoms. The van der Waals surface area contributed by atoms with Crippen LogP contribution in [0.2, 0.25) is 0 Å². The summed E-state index contributed by atoms with van der Waals surface area (Å²) in [6, 6.07) is 2.88. The lowest BCUT2D eigenvalue weighted by Gasteiger charge is -2.40. The third-order valence-corrected chi connectivity index (χ3v) is 3.59. The van der Waals surface area contributed by atoms with Gasteiger partial charge in [0, 0.05) is 18.7 Å². The number of ether oxygens (including phenoxy) is 1. The van der Waals surface area contributed by atoms with Crippen LogP contribution < -0.4 is 0 Å². The first-order valence-corrected chi connectivity index (χ1v) is 6.67. The van der Waals surface area contributed by atoms with Gasteiger partial charge in [0.15, 0.2) is 17.4 Å². The summed E-state index contributed by atoms with van der Waals surface area (Å²) in [4.78, 5) is 14.4. The van der Waals surface area contributed by atoms with Crippen LogP contribution in [0.25, 0.3) is 0 Å². The van der Waals surface area contributed by atoms with E-state index in [1.165, 1.54) is 6.07 Å². The molecule has 110 valence electrons. The zero-order valence-corrected chi connectivity index (χ0v) is 12.0. The smallest absolute Gasteiger partial charge is 0.179 e. The van der Waals surface area contributed by atoms with Gasteiger partial charge in [0.2, 0.25) is 0 Å². The molecule has 1 aromatic rings. The van der Waals surface area contributed by atoms with Crippen LogP contribution in [-0.4, -0.2) is 42.0 Å². The number of carbonyl (C=O) groups excluding carboxylic acids is 1. The number of ketones is 1. The Morgan fingerprint density at radius 2 is 2.05 bits per heavy atom. The highest BCUT2D eigenvalue weighted by molar-refractivity contribution is 5.99. The van der Waals surface area contributed by atoms with Gasteiger partial charge in [0.25, 0.3) is 0 Å². The Morgan fingerprint density at radius 3 is 2.65 bits per heavy atom. The Hall–Kier alpha value is -1.33. The summed E-state index contributed by atoms with van der Waals surface area (Å²) < 4.78 is 31.7. The van der Waals surface area contributed by atoms with Gasteiger partial charge < -0.3 is 4.74 Å². The third-order valence-electron chi connectivity index (χ3n) is 3.59. The van der Waals surface area contributed by atoms with E-state index in [4.69, 9.17) is 4.74 Å². The van der Waals surface area contributed by atoms with Gasteiger partial charge >= 0.3 is 0 Å². The Morgan fingerprint density at radius 1 is 1.35 bits per heavy atom. The number of halogens is 2. The van der Waals surface area contributed by atoms with Crippen molar-refractivity contribution in [3.8, 4) is 0 Å². The second kappa shape index (κ2) is 5.58. The second-order valence-corrected chi connectivity index (χ2v) is 5.75. The zero-order chi connectivity index (χ0) is 14.9. The van der Waals surface area contributed by atoms with Gasteiger partial charge in [-0.05, 0) is 39.0 Å². The van der Waals surface area contributed by atoms with Crippen LogP contribution in [0, 0.1) is 11.6 Å². The van der Waals surface area contributed by atoms with Crippen LogP contribution >= 0.6 is 0 Å². The van der Waals surface area contributed by atoms with Crippen LogP contribution in [0.15, 0.2) is 18.2 Å². The number of morpholine rings is 1. The molecule has 0 aliphatic carbocycles. The van der Waals surface area contributed by atoms with Crippen molar-refractivity contribution in [2.45, 2.75) is 32.4 Å². The molecular formula is C15H19F2NO2. The van der Waals surface area contributed by atoms with Crippen LogP contribution in [-0.2, 0) is 4.74 Å². The molecule has 1 aliphatic heterocycles. The van der Waals surface area contributed by atoms with E-state index in [2.05, 4.69) is 0 Å². The summed E-state index contributed by atoms with van der Waals surface area (Å²) >= 11 is 0. The molecule has 1 saturated heterocycles. The molecule has 0 amide bonds. The standard InChI is InChI=1S/C15H19F2NO2/c1-10(18-6-7-20-15(2,3)9-18)14(19)11-4-5-12(16)13(17)8-11/h4-5,8,10H,6-7,9H2,1-3H3. The second-order valence-electron chi connectivity index (χ2n) is 5.75. The maximum atomic E-state index is 13.2. The molecule has 1 heterocycles. The topological polar surface area (TPSA) is 29.5 Å². The Balaban J connectivity index is 2.13. The normalized spacial score (nSPS) is 20.6. The van der Waals surface area contributed by atoms with Crippen LogP contribution in [0.4, 0.5) is 8.78 Å². The molecule has 20 heavy (non-hydrogen) atoms. The van der Waals surface area contributed by atoms with Gasteiger partial charge in [-0.25, -0.2) is 8.78 Å². The molecule has 0 aromatic heterocycles. The summed E-state index contributed by atoms with van der Waals surface area (Å²) in [5.41, 5.74) is -0.110. The average Bonchev–Trinajstić information content (AvgIpc) is 2.39. The van der Waals surface area contributed by atoms with E-state index < -0.39 is 11.6 Å². The highest BCUT2D eigenvalue weighted by Crippen LogP contribution is 2.20. The van der Waals surface area contributed by atoms with E-state index in [9.17, 15) is 13.6 Å². The first-order valence-electron chi connectivity index (χ1n) is 6.67. The van der Waals surface area contributed by atoms with Crippen LogP contribution in [0.3, 0.4) is 0 Å². The van der Waals surface area contributed by atoms with Crippen molar-refractivity contribution in [1.82, 2.24) is 4.90 Å². The number of rotatable bonds is 3. The third kappa shape index (κ3) is 3.22. The molecule has 1 unspecified atom stereocenters. The molecule has 3 nitrogen and oxygen atoms in total. The molecule has 5 heteroatoms. The van der Waals surface area contributed by atoms with Gasteiger partial charge in [-0.1, -0.05) is 0 Å². The molecule has 1 aromatic carbocycles. The average molecular weight is 283 g/mol. The minimum atomic E-state index is -0.995. The van der Waals surface area contributed by atoms with E-state index in [0.29, 0.717) is 19.7 Å². The highest BCUT2D eigenvalue weighted by Gasteiger charge is 2.32. The predicted molar refractivity (Wildman–Crippen MR) is 71.8 cm³/mol. The van der Waals surface area contributed by atoms with E-state index >= 15 is 0 Å². The fourth-order valence-corrected chi connectivity index (χ4v) is 2.44. The number of hydrogen-bond donors (Lipinski definition) is 0. The molecule has 2 rings (SSSR count). The molecule has 0 saturated carbocycles. The van der Waals surface area contributed by atoms with E-state index in [0.717, 1.165) is 12.1 Å². The van der Waals surface area contributed by atoms with Crippen molar-refractivity contribution in [3.63, 3.8) is 0 Å². The predicted octanol–water partition coefficient (Wildman–Crippen LogP) is 2.65. The molecule has 0 radical (unpaired) electrons.